The van der Waals surface area contributed by atoms with Gasteiger partial charge in [0.25, 0.3) is 6.43 Å². The van der Waals surface area contributed by atoms with Crippen molar-refractivity contribution >= 4 is 0 Å². The van der Waals surface area contributed by atoms with Crippen molar-refractivity contribution in [2.75, 3.05) is 19.6 Å². The van der Waals surface area contributed by atoms with Crippen LogP contribution in [0.1, 0.15) is 71.6 Å². The average Bonchev–Trinajstić information content (AvgIpc) is 3.15. The minimum Gasteiger partial charge on any atom is -0.388 e. The number of aliphatic hydroxyl groups is 3. The van der Waals surface area contributed by atoms with Crippen LogP contribution in [0, 0.1) is 23.2 Å². The van der Waals surface area contributed by atoms with Crippen LogP contribution in [0.4, 0.5) is 8.78 Å². The van der Waals surface area contributed by atoms with Crippen molar-refractivity contribution in [1.29, 1.82) is 0 Å². The monoisotopic (exact) mass is 479 g/mol. The molecule has 3 N–H and O–H groups in total. The van der Waals surface area contributed by atoms with E-state index in [4.69, 9.17) is 0 Å². The fourth-order valence-electron chi connectivity index (χ4n) is 7.52. The Kier molecular flexibility index (Phi) is 7.74. The van der Waals surface area contributed by atoms with Crippen LogP contribution in [0.5, 0.6) is 0 Å². The van der Waals surface area contributed by atoms with Crippen LogP contribution in [0.3, 0.4) is 0 Å². The summed E-state index contributed by atoms with van der Waals surface area (Å²) in [6, 6.07) is 0. The lowest BCUT2D eigenvalue weighted by molar-refractivity contribution is -0.128. The normalized spacial score (nSPS) is 38.9. The Balaban J connectivity index is 1.40. The lowest BCUT2D eigenvalue weighted by Crippen LogP contribution is -2.50. The number of hydrogen-bond acceptors (Lipinski definition) is 4. The van der Waals surface area contributed by atoms with Crippen LogP contribution in [-0.4, -0.2) is 64.1 Å². The summed E-state index contributed by atoms with van der Waals surface area (Å²) in [6.07, 6.45) is 7.74. The third-order valence-electron chi connectivity index (χ3n) is 9.70. The molecule has 192 valence electrons. The fourth-order valence-corrected chi connectivity index (χ4v) is 7.52. The first-order valence-electron chi connectivity index (χ1n) is 13.2. The van der Waals surface area contributed by atoms with Gasteiger partial charge < -0.3 is 20.2 Å². The van der Waals surface area contributed by atoms with E-state index < -0.39 is 24.2 Å². The predicted octanol–water partition coefficient (Wildman–Crippen LogP) is 4.86. The molecule has 3 saturated carbocycles. The summed E-state index contributed by atoms with van der Waals surface area (Å²) < 4.78 is 26.3. The van der Waals surface area contributed by atoms with Crippen molar-refractivity contribution in [3.05, 3.63) is 35.5 Å². The number of hydrogen-bond donors (Lipinski definition) is 3. The summed E-state index contributed by atoms with van der Waals surface area (Å²) in [5, 5.41) is 30.4. The Morgan fingerprint density at radius 1 is 1.09 bits per heavy atom. The first-order chi connectivity index (χ1) is 16.0. The van der Waals surface area contributed by atoms with Gasteiger partial charge in [0.05, 0.1) is 12.2 Å². The molecule has 1 aliphatic heterocycles. The largest absolute Gasteiger partial charge is 0.388 e. The smallest absolute Gasteiger partial charge is 0.266 e. The zero-order chi connectivity index (χ0) is 24.7. The van der Waals surface area contributed by atoms with Gasteiger partial charge in [-0.2, -0.15) is 0 Å². The van der Waals surface area contributed by atoms with Crippen LogP contribution in [0.25, 0.3) is 0 Å². The van der Waals surface area contributed by atoms with Gasteiger partial charge in [0.2, 0.25) is 0 Å². The molecule has 3 aliphatic carbocycles. The van der Waals surface area contributed by atoms with Gasteiger partial charge in [-0.05, 0) is 86.5 Å². The molecular formula is C28H43F2NO3. The van der Waals surface area contributed by atoms with Crippen molar-refractivity contribution in [2.24, 2.45) is 23.2 Å². The Labute approximate surface area is 203 Å². The fraction of sp³-hybridized carbons (Fsp3) is 0.786. The molecule has 0 unspecified atom stereocenters. The lowest BCUT2D eigenvalue weighted by Gasteiger charge is -2.46. The molecule has 6 atom stereocenters. The molecule has 0 aromatic rings. The molecular weight excluding hydrogens is 436 g/mol. The van der Waals surface area contributed by atoms with Gasteiger partial charge in [-0.15, -0.1) is 0 Å². The maximum absolute atomic E-state index is 13.1. The molecule has 4 fully saturated rings. The predicted molar refractivity (Wildman–Crippen MR) is 131 cm³/mol. The first-order valence-corrected chi connectivity index (χ1v) is 13.2. The third-order valence-corrected chi connectivity index (χ3v) is 9.70. The summed E-state index contributed by atoms with van der Waals surface area (Å²) in [7, 11) is 0. The quantitative estimate of drug-likeness (QED) is 0.493. The highest BCUT2D eigenvalue weighted by molar-refractivity contribution is 5.29. The van der Waals surface area contributed by atoms with Gasteiger partial charge in [0.15, 0.2) is 0 Å². The second-order valence-corrected chi connectivity index (χ2v) is 11.9. The van der Waals surface area contributed by atoms with Gasteiger partial charge in [0, 0.05) is 19.6 Å². The van der Waals surface area contributed by atoms with Gasteiger partial charge in [-0.1, -0.05) is 43.7 Å². The summed E-state index contributed by atoms with van der Waals surface area (Å²) in [5.41, 5.74) is 1.56. The number of alkyl halides is 2. The number of aliphatic hydroxyl groups excluding tert-OH is 2. The van der Waals surface area contributed by atoms with Crippen molar-refractivity contribution in [1.82, 2.24) is 4.90 Å². The van der Waals surface area contributed by atoms with Crippen molar-refractivity contribution in [2.45, 2.75) is 95.9 Å². The molecule has 34 heavy (non-hydrogen) atoms. The average molecular weight is 480 g/mol. The third kappa shape index (κ3) is 5.07. The number of piperidine rings is 1. The lowest BCUT2D eigenvalue weighted by atomic mass is 9.61. The molecule has 0 aromatic heterocycles. The van der Waals surface area contributed by atoms with E-state index in [9.17, 15) is 24.1 Å². The Hall–Kier alpha value is -1.08. The van der Waals surface area contributed by atoms with Crippen molar-refractivity contribution < 1.29 is 24.1 Å². The minimum atomic E-state index is -2.66. The van der Waals surface area contributed by atoms with Crippen LogP contribution in [0.15, 0.2) is 35.5 Å². The topological polar surface area (TPSA) is 63.9 Å². The minimum absolute atomic E-state index is 0.153. The zero-order valence-corrected chi connectivity index (χ0v) is 20.9. The van der Waals surface area contributed by atoms with E-state index in [1.165, 1.54) is 31.3 Å². The summed E-state index contributed by atoms with van der Waals surface area (Å²) in [5.74, 6) is 1.65. The summed E-state index contributed by atoms with van der Waals surface area (Å²) >= 11 is 0. The highest BCUT2D eigenvalue weighted by atomic mass is 19.3. The van der Waals surface area contributed by atoms with E-state index in [2.05, 4.69) is 37.5 Å². The molecule has 4 rings (SSSR count). The molecule has 4 aliphatic rings. The zero-order valence-electron chi connectivity index (χ0n) is 20.9. The Bertz CT molecular complexity index is 800. The van der Waals surface area contributed by atoms with Crippen molar-refractivity contribution in [3.8, 4) is 0 Å². The van der Waals surface area contributed by atoms with E-state index in [1.54, 1.807) is 0 Å². The van der Waals surface area contributed by atoms with Crippen LogP contribution < -0.4 is 0 Å². The number of fused-ring (bicyclic) bond motifs is 1. The van der Waals surface area contributed by atoms with E-state index >= 15 is 0 Å². The molecule has 0 bridgehead atoms. The molecule has 6 heteroatoms. The number of nitrogens with zero attached hydrogens (tertiary/aromatic N) is 1. The molecule has 0 amide bonds. The Morgan fingerprint density at radius 2 is 1.74 bits per heavy atom. The standard InChI is InChI=1S/C28H43F2NO3/c1-18(17-31-13-11-28(34,12-14-31)26(29)30)22-8-9-23-21(5-4-10-27(22,23)3)7-6-20-15-24(32)19(2)25(33)16-20/h6-7,18,22-26,32-34H,2,4-5,8-17H2,1,3H3/b21-7+/t18-,22+,23-,24+,25+,27+/m0/s1. The van der Waals surface area contributed by atoms with Gasteiger partial charge >= 0.3 is 0 Å². The highest BCUT2D eigenvalue weighted by Crippen LogP contribution is 2.59. The summed E-state index contributed by atoms with van der Waals surface area (Å²) in [6.45, 7) is 10.6. The number of likely N-dealkylation sites (tertiary alicyclic amines) is 1. The number of rotatable bonds is 5. The maximum Gasteiger partial charge on any atom is 0.266 e. The van der Waals surface area contributed by atoms with E-state index in [-0.39, 0.29) is 18.3 Å². The molecule has 1 saturated heterocycles. The highest BCUT2D eigenvalue weighted by Gasteiger charge is 2.51. The SMILES string of the molecule is C=C1[C@H](O)CC(=C/C=C2\CCC[C@]3(C)[C@@H]([C@@H](C)CN4CCC(O)(C(F)F)CC4)CC[C@@H]23)C[C@H]1O. The molecule has 1 heterocycles. The molecule has 0 radical (unpaired) electrons. The second kappa shape index (κ2) is 10.1. The maximum atomic E-state index is 13.1. The van der Waals surface area contributed by atoms with Crippen LogP contribution in [-0.2, 0) is 0 Å². The molecule has 4 nitrogen and oxygen atoms in total. The van der Waals surface area contributed by atoms with E-state index in [0.29, 0.717) is 49.3 Å². The second-order valence-electron chi connectivity index (χ2n) is 11.9. The first kappa shape index (κ1) is 26.0. The molecule has 0 spiro atoms. The van der Waals surface area contributed by atoms with E-state index in [0.717, 1.165) is 18.5 Å². The summed E-state index contributed by atoms with van der Waals surface area (Å²) in [4.78, 5) is 2.27. The van der Waals surface area contributed by atoms with Gasteiger partial charge in [-0.3, -0.25) is 0 Å². The molecule has 0 aromatic carbocycles. The van der Waals surface area contributed by atoms with Crippen molar-refractivity contribution in [3.63, 3.8) is 0 Å². The number of allylic oxidation sites excluding steroid dienone is 3. The Morgan fingerprint density at radius 3 is 2.35 bits per heavy atom. The van der Waals surface area contributed by atoms with Gasteiger partial charge in [0.1, 0.15) is 5.60 Å². The van der Waals surface area contributed by atoms with Crippen LogP contribution >= 0.6 is 0 Å². The van der Waals surface area contributed by atoms with E-state index in [1.807, 2.05) is 0 Å². The number of halogens is 2. The van der Waals surface area contributed by atoms with Gasteiger partial charge in [-0.25, -0.2) is 8.78 Å². The van der Waals surface area contributed by atoms with Crippen LogP contribution in [0.2, 0.25) is 0 Å².